The van der Waals surface area contributed by atoms with E-state index in [4.69, 9.17) is 14.6 Å². The number of hydrogen-bond acceptors (Lipinski definition) is 5. The number of methoxy groups -OCH3 is 1. The first-order chi connectivity index (χ1) is 8.31. The molecule has 7 nitrogen and oxygen atoms in total. The van der Waals surface area contributed by atoms with Crippen molar-refractivity contribution in [3.05, 3.63) is 0 Å². The Morgan fingerprint density at radius 3 is 2.33 bits per heavy atom. The van der Waals surface area contributed by atoms with Crippen LogP contribution in [0.1, 0.15) is 13.8 Å². The topological polar surface area (TPSA) is 93.1 Å². The average Bonchev–Trinajstić information content (AvgIpc) is 2.24. The molecule has 0 aromatic rings. The molecule has 0 bridgehead atoms. The zero-order chi connectivity index (χ0) is 14.2. The second-order valence-electron chi connectivity index (χ2n) is 3.95. The molecule has 0 aliphatic rings. The summed E-state index contributed by atoms with van der Waals surface area (Å²) < 4.78 is 34.6. The zero-order valence-electron chi connectivity index (χ0n) is 11.0. The summed E-state index contributed by atoms with van der Waals surface area (Å²) in [4.78, 5) is 10.6. The number of nitrogens with zero attached hydrogens (tertiary/aromatic N) is 1. The Labute approximate surface area is 108 Å². The van der Waals surface area contributed by atoms with Gasteiger partial charge >= 0.3 is 5.97 Å². The van der Waals surface area contributed by atoms with Crippen LogP contribution >= 0.6 is 0 Å². The molecule has 0 saturated heterocycles. The van der Waals surface area contributed by atoms with Crippen molar-refractivity contribution in [3.63, 3.8) is 0 Å². The summed E-state index contributed by atoms with van der Waals surface area (Å²) in [6.45, 7) is 3.46. The standard InChI is InChI=1S/C10H21NO6S/c1-9(2)11(8-10(12)13)18(14,15)7-6-17-5-4-16-3/h9H,4-8H2,1-3H3,(H,12,13). The molecule has 8 heteroatoms. The van der Waals surface area contributed by atoms with Gasteiger partial charge in [0.25, 0.3) is 0 Å². The van der Waals surface area contributed by atoms with Gasteiger partial charge in [0.2, 0.25) is 10.0 Å². The molecular weight excluding hydrogens is 262 g/mol. The molecule has 0 fully saturated rings. The Hall–Kier alpha value is -0.700. The molecule has 0 aliphatic heterocycles. The Bertz CT molecular complexity index is 340. The number of carbonyl (C=O) groups is 1. The minimum absolute atomic E-state index is 0.0224. The van der Waals surface area contributed by atoms with Crippen molar-refractivity contribution in [2.24, 2.45) is 0 Å². The summed E-state index contributed by atoms with van der Waals surface area (Å²) in [5.41, 5.74) is 0. The number of sulfonamides is 1. The van der Waals surface area contributed by atoms with E-state index in [0.717, 1.165) is 4.31 Å². The molecule has 0 aromatic heterocycles. The van der Waals surface area contributed by atoms with E-state index in [1.807, 2.05) is 0 Å². The molecule has 0 unspecified atom stereocenters. The molecule has 0 heterocycles. The Balaban J connectivity index is 4.33. The number of rotatable bonds is 10. The van der Waals surface area contributed by atoms with Crippen LogP contribution in [0, 0.1) is 0 Å². The number of carboxylic acids is 1. The molecule has 18 heavy (non-hydrogen) atoms. The van der Waals surface area contributed by atoms with Crippen LogP contribution in [-0.2, 0) is 24.3 Å². The van der Waals surface area contributed by atoms with Gasteiger partial charge < -0.3 is 14.6 Å². The lowest BCUT2D eigenvalue weighted by Crippen LogP contribution is -2.42. The summed E-state index contributed by atoms with van der Waals surface area (Å²) in [6, 6.07) is -0.398. The van der Waals surface area contributed by atoms with Gasteiger partial charge in [-0.1, -0.05) is 0 Å². The fourth-order valence-electron chi connectivity index (χ4n) is 1.26. The van der Waals surface area contributed by atoms with E-state index in [9.17, 15) is 13.2 Å². The highest BCUT2D eigenvalue weighted by Gasteiger charge is 2.26. The van der Waals surface area contributed by atoms with Gasteiger partial charge in [-0.2, -0.15) is 4.31 Å². The molecule has 0 atom stereocenters. The number of hydrogen-bond donors (Lipinski definition) is 1. The Kier molecular flexibility index (Phi) is 8.08. The van der Waals surface area contributed by atoms with Gasteiger partial charge in [-0.05, 0) is 13.8 Å². The van der Waals surface area contributed by atoms with Crippen molar-refractivity contribution in [1.82, 2.24) is 4.31 Å². The van der Waals surface area contributed by atoms with Gasteiger partial charge in [0, 0.05) is 13.2 Å². The van der Waals surface area contributed by atoms with E-state index in [0.29, 0.717) is 13.2 Å². The molecule has 0 saturated carbocycles. The first-order valence-corrected chi connectivity index (χ1v) is 7.20. The highest BCUT2D eigenvalue weighted by molar-refractivity contribution is 7.89. The predicted molar refractivity (Wildman–Crippen MR) is 66.0 cm³/mol. The van der Waals surface area contributed by atoms with Crippen molar-refractivity contribution in [2.75, 3.05) is 39.2 Å². The first kappa shape index (κ1) is 17.3. The molecular formula is C10H21NO6S. The number of carboxylic acid groups (broad SMARTS) is 1. The third-order valence-corrected chi connectivity index (χ3v) is 4.09. The minimum atomic E-state index is -3.62. The maximum absolute atomic E-state index is 11.9. The lowest BCUT2D eigenvalue weighted by atomic mass is 10.4. The van der Waals surface area contributed by atoms with Crippen LogP contribution in [0.15, 0.2) is 0 Å². The van der Waals surface area contributed by atoms with Crippen LogP contribution in [0.5, 0.6) is 0 Å². The summed E-state index contributed by atoms with van der Waals surface area (Å²) in [6.07, 6.45) is 0. The minimum Gasteiger partial charge on any atom is -0.480 e. The van der Waals surface area contributed by atoms with Crippen molar-refractivity contribution < 1.29 is 27.8 Å². The van der Waals surface area contributed by atoms with Crippen molar-refractivity contribution in [2.45, 2.75) is 19.9 Å². The summed E-state index contributed by atoms with van der Waals surface area (Å²) >= 11 is 0. The van der Waals surface area contributed by atoms with E-state index in [1.165, 1.54) is 7.11 Å². The van der Waals surface area contributed by atoms with E-state index in [2.05, 4.69) is 0 Å². The summed E-state index contributed by atoms with van der Waals surface area (Å²) in [7, 11) is -2.10. The normalized spacial score (nSPS) is 12.3. The van der Waals surface area contributed by atoms with Crippen LogP contribution < -0.4 is 0 Å². The fourth-order valence-corrected chi connectivity index (χ4v) is 2.77. The van der Waals surface area contributed by atoms with Crippen LogP contribution in [0.2, 0.25) is 0 Å². The van der Waals surface area contributed by atoms with Gasteiger partial charge in [-0.25, -0.2) is 8.42 Å². The lowest BCUT2D eigenvalue weighted by Gasteiger charge is -2.23. The summed E-state index contributed by atoms with van der Waals surface area (Å²) in [5, 5.41) is 8.68. The third kappa shape index (κ3) is 6.90. The molecule has 0 rings (SSSR count). The molecule has 0 amide bonds. The maximum Gasteiger partial charge on any atom is 0.318 e. The van der Waals surface area contributed by atoms with Crippen LogP contribution in [-0.4, -0.2) is 69.1 Å². The van der Waals surface area contributed by atoms with Crippen LogP contribution in [0.25, 0.3) is 0 Å². The van der Waals surface area contributed by atoms with E-state index in [-0.39, 0.29) is 12.4 Å². The van der Waals surface area contributed by atoms with Crippen LogP contribution in [0.4, 0.5) is 0 Å². The highest BCUT2D eigenvalue weighted by Crippen LogP contribution is 2.07. The molecule has 1 N–H and O–H groups in total. The SMILES string of the molecule is COCCOCCS(=O)(=O)N(CC(=O)O)C(C)C. The average molecular weight is 283 g/mol. The number of aliphatic carboxylic acids is 1. The zero-order valence-corrected chi connectivity index (χ0v) is 11.8. The molecule has 0 radical (unpaired) electrons. The van der Waals surface area contributed by atoms with Crippen molar-refractivity contribution in [1.29, 1.82) is 0 Å². The van der Waals surface area contributed by atoms with E-state index < -0.39 is 28.6 Å². The van der Waals surface area contributed by atoms with Gasteiger partial charge in [0.05, 0.1) is 25.6 Å². The number of ether oxygens (including phenoxy) is 2. The smallest absolute Gasteiger partial charge is 0.318 e. The monoisotopic (exact) mass is 283 g/mol. The van der Waals surface area contributed by atoms with Gasteiger partial charge in [0.15, 0.2) is 0 Å². The van der Waals surface area contributed by atoms with Crippen molar-refractivity contribution >= 4 is 16.0 Å². The highest BCUT2D eigenvalue weighted by atomic mass is 32.2. The van der Waals surface area contributed by atoms with E-state index >= 15 is 0 Å². The second kappa shape index (κ2) is 8.41. The first-order valence-electron chi connectivity index (χ1n) is 5.59. The summed E-state index contributed by atoms with van der Waals surface area (Å²) in [5.74, 6) is -1.41. The van der Waals surface area contributed by atoms with Gasteiger partial charge in [-0.15, -0.1) is 0 Å². The van der Waals surface area contributed by atoms with Gasteiger partial charge in [-0.3, -0.25) is 4.79 Å². The Morgan fingerprint density at radius 2 is 1.89 bits per heavy atom. The molecule has 0 aliphatic carbocycles. The molecule has 0 aromatic carbocycles. The predicted octanol–water partition coefficient (Wildman–Crippen LogP) is -0.226. The Morgan fingerprint density at radius 1 is 1.28 bits per heavy atom. The lowest BCUT2D eigenvalue weighted by molar-refractivity contribution is -0.137. The quantitative estimate of drug-likeness (QED) is 0.557. The fraction of sp³-hybridized carbons (Fsp3) is 0.900. The van der Waals surface area contributed by atoms with Crippen molar-refractivity contribution in [3.8, 4) is 0 Å². The maximum atomic E-state index is 11.9. The van der Waals surface area contributed by atoms with E-state index in [1.54, 1.807) is 13.8 Å². The molecule has 108 valence electrons. The second-order valence-corrected chi connectivity index (χ2v) is 5.99. The van der Waals surface area contributed by atoms with Gasteiger partial charge in [0.1, 0.15) is 6.54 Å². The van der Waals surface area contributed by atoms with Crippen LogP contribution in [0.3, 0.4) is 0 Å². The molecule has 0 spiro atoms. The third-order valence-electron chi connectivity index (χ3n) is 2.14. The largest absolute Gasteiger partial charge is 0.480 e.